The Labute approximate surface area is 106 Å². The minimum Gasteiger partial charge on any atom is -0.314 e. The second-order valence-corrected chi connectivity index (χ2v) is 6.65. The van der Waals surface area contributed by atoms with Gasteiger partial charge in [0.15, 0.2) is 0 Å². The summed E-state index contributed by atoms with van der Waals surface area (Å²) in [5, 5.41) is 3.85. The Morgan fingerprint density at radius 2 is 1.94 bits per heavy atom. The van der Waals surface area contributed by atoms with E-state index in [0.29, 0.717) is 0 Å². The van der Waals surface area contributed by atoms with Crippen molar-refractivity contribution in [2.45, 2.75) is 57.9 Å². The zero-order valence-electron chi connectivity index (χ0n) is 11.2. The quantitative estimate of drug-likeness (QED) is 0.729. The first kappa shape index (κ1) is 11.8. The number of allylic oxidation sites excluding steroid dienone is 2. The van der Waals surface area contributed by atoms with Crippen LogP contribution in [0.1, 0.15) is 51.9 Å². The highest BCUT2D eigenvalue weighted by molar-refractivity contribution is 5.11. The smallest absolute Gasteiger partial charge is 0.00729 e. The average molecular weight is 233 g/mol. The van der Waals surface area contributed by atoms with Gasteiger partial charge in [-0.2, -0.15) is 0 Å². The second-order valence-electron chi connectivity index (χ2n) is 6.65. The summed E-state index contributed by atoms with van der Waals surface area (Å²) < 4.78 is 0. The van der Waals surface area contributed by atoms with Gasteiger partial charge in [0, 0.05) is 6.04 Å². The molecule has 0 aliphatic heterocycles. The number of nitrogens with one attached hydrogen (secondary N) is 1. The van der Waals surface area contributed by atoms with Gasteiger partial charge in [-0.1, -0.05) is 31.4 Å². The molecule has 1 heteroatoms. The van der Waals surface area contributed by atoms with Crippen molar-refractivity contribution in [2.24, 2.45) is 23.7 Å². The third-order valence-electron chi connectivity index (χ3n) is 5.43. The molecule has 0 amide bonds. The summed E-state index contributed by atoms with van der Waals surface area (Å²) in [4.78, 5) is 0. The molecular weight excluding hydrogens is 206 g/mol. The van der Waals surface area contributed by atoms with Gasteiger partial charge >= 0.3 is 0 Å². The van der Waals surface area contributed by atoms with E-state index in [9.17, 15) is 0 Å². The van der Waals surface area contributed by atoms with E-state index in [1.807, 2.05) is 0 Å². The van der Waals surface area contributed by atoms with E-state index >= 15 is 0 Å². The predicted octanol–water partition coefficient (Wildman–Crippen LogP) is 3.76. The molecule has 3 aliphatic rings. The maximum atomic E-state index is 3.85. The van der Waals surface area contributed by atoms with Crippen molar-refractivity contribution in [3.8, 4) is 0 Å². The molecule has 0 aromatic carbocycles. The molecule has 0 aromatic rings. The summed E-state index contributed by atoms with van der Waals surface area (Å²) in [5.74, 6) is 3.71. The largest absolute Gasteiger partial charge is 0.314 e. The fraction of sp³-hybridized carbons (Fsp3) is 0.875. The lowest BCUT2D eigenvalue weighted by Crippen LogP contribution is -2.38. The molecule has 2 saturated carbocycles. The van der Waals surface area contributed by atoms with Crippen molar-refractivity contribution in [1.82, 2.24) is 5.32 Å². The van der Waals surface area contributed by atoms with E-state index in [-0.39, 0.29) is 0 Å². The highest BCUT2D eigenvalue weighted by Crippen LogP contribution is 2.44. The molecule has 96 valence electrons. The summed E-state index contributed by atoms with van der Waals surface area (Å²) in [6.07, 6.45) is 15.2. The molecule has 4 unspecified atom stereocenters. The van der Waals surface area contributed by atoms with Crippen LogP contribution < -0.4 is 5.32 Å². The van der Waals surface area contributed by atoms with Crippen LogP contribution >= 0.6 is 0 Å². The van der Waals surface area contributed by atoms with E-state index < -0.39 is 0 Å². The lowest BCUT2D eigenvalue weighted by molar-refractivity contribution is 0.281. The van der Waals surface area contributed by atoms with E-state index in [1.165, 1.54) is 51.5 Å². The van der Waals surface area contributed by atoms with E-state index in [4.69, 9.17) is 0 Å². The highest BCUT2D eigenvalue weighted by Gasteiger charge is 2.38. The fourth-order valence-corrected chi connectivity index (χ4v) is 4.29. The van der Waals surface area contributed by atoms with Crippen LogP contribution in [0.3, 0.4) is 0 Å². The molecule has 17 heavy (non-hydrogen) atoms. The van der Waals surface area contributed by atoms with Gasteiger partial charge < -0.3 is 5.32 Å². The van der Waals surface area contributed by atoms with Gasteiger partial charge in [-0.05, 0) is 62.8 Å². The van der Waals surface area contributed by atoms with Gasteiger partial charge in [0.05, 0.1) is 0 Å². The third-order valence-corrected chi connectivity index (χ3v) is 5.43. The molecule has 1 N–H and O–H groups in total. The van der Waals surface area contributed by atoms with Crippen LogP contribution in [-0.2, 0) is 0 Å². The zero-order valence-corrected chi connectivity index (χ0v) is 11.2. The zero-order chi connectivity index (χ0) is 11.7. The Hall–Kier alpha value is -0.300. The minimum absolute atomic E-state index is 0.733. The Morgan fingerprint density at radius 1 is 1.12 bits per heavy atom. The molecule has 4 atom stereocenters. The molecule has 0 heterocycles. The maximum absolute atomic E-state index is 3.85. The van der Waals surface area contributed by atoms with Crippen molar-refractivity contribution < 1.29 is 0 Å². The van der Waals surface area contributed by atoms with Crippen LogP contribution in [0.15, 0.2) is 12.2 Å². The van der Waals surface area contributed by atoms with E-state index in [2.05, 4.69) is 24.4 Å². The first-order valence-electron chi connectivity index (χ1n) is 7.74. The van der Waals surface area contributed by atoms with Crippen molar-refractivity contribution in [3.05, 3.63) is 12.2 Å². The van der Waals surface area contributed by atoms with Crippen molar-refractivity contribution >= 4 is 0 Å². The van der Waals surface area contributed by atoms with Gasteiger partial charge in [0.25, 0.3) is 0 Å². The second kappa shape index (κ2) is 5.14. The Bertz CT molecular complexity index is 277. The Balaban J connectivity index is 1.44. The Morgan fingerprint density at radius 3 is 2.59 bits per heavy atom. The lowest BCUT2D eigenvalue weighted by Gasteiger charge is -2.29. The molecule has 1 nitrogen and oxygen atoms in total. The van der Waals surface area contributed by atoms with Crippen LogP contribution in [-0.4, -0.2) is 12.6 Å². The number of hydrogen-bond acceptors (Lipinski definition) is 1. The molecule has 0 radical (unpaired) electrons. The maximum Gasteiger partial charge on any atom is 0.00729 e. The number of rotatable bonds is 4. The molecular formula is C16H27N. The minimum atomic E-state index is 0.733. The van der Waals surface area contributed by atoms with Crippen LogP contribution in [0.4, 0.5) is 0 Å². The first-order valence-corrected chi connectivity index (χ1v) is 7.74. The van der Waals surface area contributed by atoms with Gasteiger partial charge in [0.1, 0.15) is 0 Å². The molecule has 2 fully saturated rings. The highest BCUT2D eigenvalue weighted by atomic mass is 14.9. The van der Waals surface area contributed by atoms with Crippen LogP contribution in [0.25, 0.3) is 0 Å². The number of fused-ring (bicyclic) bond motifs is 2. The standard InChI is InChI=1S/C16H27N/c1-12(16-10-14-7-8-15(16)9-14)17-11-13-5-3-2-4-6-13/h7-8,12-17H,2-6,9-11H2,1H3. The Kier molecular flexibility index (Phi) is 3.56. The number of hydrogen-bond donors (Lipinski definition) is 1. The summed E-state index contributed by atoms with van der Waals surface area (Å²) >= 11 is 0. The van der Waals surface area contributed by atoms with Crippen LogP contribution in [0.5, 0.6) is 0 Å². The van der Waals surface area contributed by atoms with Gasteiger partial charge in [0.2, 0.25) is 0 Å². The SMILES string of the molecule is CC(NCC1CCCCC1)C1CC2C=CC1C2. The van der Waals surface area contributed by atoms with Crippen LogP contribution in [0, 0.1) is 23.7 Å². The molecule has 2 bridgehead atoms. The molecule has 0 aromatic heterocycles. The predicted molar refractivity (Wildman–Crippen MR) is 72.9 cm³/mol. The van der Waals surface area contributed by atoms with E-state index in [0.717, 1.165) is 29.7 Å². The van der Waals surface area contributed by atoms with Gasteiger partial charge in [-0.25, -0.2) is 0 Å². The monoisotopic (exact) mass is 233 g/mol. The van der Waals surface area contributed by atoms with Crippen LogP contribution in [0.2, 0.25) is 0 Å². The molecule has 0 spiro atoms. The fourth-order valence-electron chi connectivity index (χ4n) is 4.29. The lowest BCUT2D eigenvalue weighted by atomic mass is 9.86. The van der Waals surface area contributed by atoms with Crippen molar-refractivity contribution in [2.75, 3.05) is 6.54 Å². The molecule has 3 rings (SSSR count). The van der Waals surface area contributed by atoms with Gasteiger partial charge in [-0.3, -0.25) is 0 Å². The van der Waals surface area contributed by atoms with Crippen molar-refractivity contribution in [3.63, 3.8) is 0 Å². The van der Waals surface area contributed by atoms with E-state index in [1.54, 1.807) is 0 Å². The first-order chi connectivity index (χ1) is 8.33. The normalized spacial score (nSPS) is 38.8. The summed E-state index contributed by atoms with van der Waals surface area (Å²) in [5.41, 5.74) is 0. The van der Waals surface area contributed by atoms with Crippen molar-refractivity contribution in [1.29, 1.82) is 0 Å². The molecule has 0 saturated heterocycles. The summed E-state index contributed by atoms with van der Waals surface area (Å²) in [6.45, 7) is 3.70. The summed E-state index contributed by atoms with van der Waals surface area (Å²) in [7, 11) is 0. The average Bonchev–Trinajstić information content (AvgIpc) is 2.99. The van der Waals surface area contributed by atoms with Gasteiger partial charge in [-0.15, -0.1) is 0 Å². The third kappa shape index (κ3) is 2.59. The summed E-state index contributed by atoms with van der Waals surface area (Å²) in [6, 6.07) is 0.733. The molecule has 3 aliphatic carbocycles. The topological polar surface area (TPSA) is 12.0 Å².